The number of fused-ring (bicyclic) bond motifs is 1. The normalized spacial score (nSPS) is 28.8. The molecule has 2 N–H and O–H groups in total. The Labute approximate surface area is 160 Å². The molecule has 0 amide bonds. The second-order valence-electron chi connectivity index (χ2n) is 8.30. The van der Waals surface area contributed by atoms with E-state index >= 15 is 0 Å². The van der Waals surface area contributed by atoms with Gasteiger partial charge in [0.25, 0.3) is 0 Å². The lowest BCUT2D eigenvalue weighted by atomic mass is 9.87. The number of aldehydes is 1. The van der Waals surface area contributed by atoms with Crippen LogP contribution in [-0.4, -0.2) is 40.5 Å². The van der Waals surface area contributed by atoms with E-state index in [-0.39, 0.29) is 11.8 Å². The van der Waals surface area contributed by atoms with Gasteiger partial charge in [0.1, 0.15) is 12.0 Å². The summed E-state index contributed by atoms with van der Waals surface area (Å²) in [6, 6.07) is 15.1. The van der Waals surface area contributed by atoms with Gasteiger partial charge in [-0.15, -0.1) is 0 Å². The summed E-state index contributed by atoms with van der Waals surface area (Å²) < 4.78 is 0. The van der Waals surface area contributed by atoms with Crippen molar-refractivity contribution in [2.75, 3.05) is 13.1 Å². The Kier molecular flexibility index (Phi) is 4.79. The highest BCUT2D eigenvalue weighted by Gasteiger charge is 2.50. The first-order chi connectivity index (χ1) is 13.0. The second kappa shape index (κ2) is 7.10. The zero-order valence-electron chi connectivity index (χ0n) is 15.7. The fourth-order valence-corrected chi connectivity index (χ4v) is 5.11. The van der Waals surface area contributed by atoms with E-state index in [0.29, 0.717) is 18.3 Å². The van der Waals surface area contributed by atoms with Crippen LogP contribution in [-0.2, 0) is 16.8 Å². The van der Waals surface area contributed by atoms with E-state index < -0.39 is 5.60 Å². The Morgan fingerprint density at radius 3 is 2.33 bits per heavy atom. The van der Waals surface area contributed by atoms with E-state index in [4.69, 9.17) is 0 Å². The van der Waals surface area contributed by atoms with Crippen LogP contribution in [0.15, 0.2) is 48.5 Å². The molecule has 0 spiro atoms. The number of phenols is 1. The molecule has 3 atom stereocenters. The lowest BCUT2D eigenvalue weighted by Crippen LogP contribution is -2.38. The summed E-state index contributed by atoms with van der Waals surface area (Å²) >= 11 is 0. The van der Waals surface area contributed by atoms with Crippen molar-refractivity contribution in [1.82, 2.24) is 4.90 Å². The summed E-state index contributed by atoms with van der Waals surface area (Å²) in [6.45, 7) is 3.79. The maximum Gasteiger partial charge on any atom is 0.137 e. The van der Waals surface area contributed by atoms with Gasteiger partial charge in [-0.2, -0.15) is 0 Å². The van der Waals surface area contributed by atoms with Crippen molar-refractivity contribution in [1.29, 1.82) is 0 Å². The van der Waals surface area contributed by atoms with Crippen molar-refractivity contribution in [2.45, 2.75) is 37.8 Å². The van der Waals surface area contributed by atoms with E-state index in [1.54, 1.807) is 12.1 Å². The predicted octanol–water partition coefficient (Wildman–Crippen LogP) is 3.04. The predicted molar refractivity (Wildman–Crippen MR) is 105 cm³/mol. The number of likely N-dealkylation sites (tertiary alicyclic amines) is 1. The first-order valence-electron chi connectivity index (χ1n) is 9.74. The topological polar surface area (TPSA) is 60.8 Å². The smallest absolute Gasteiger partial charge is 0.137 e. The fraction of sp³-hybridized carbons (Fsp3) is 0.435. The van der Waals surface area contributed by atoms with Crippen LogP contribution in [0.4, 0.5) is 0 Å². The minimum absolute atomic E-state index is 0.147. The van der Waals surface area contributed by atoms with Gasteiger partial charge in [0, 0.05) is 13.1 Å². The van der Waals surface area contributed by atoms with Crippen LogP contribution < -0.4 is 0 Å². The molecule has 27 heavy (non-hydrogen) atoms. The van der Waals surface area contributed by atoms with Crippen LogP contribution in [0.2, 0.25) is 0 Å². The lowest BCUT2D eigenvalue weighted by molar-refractivity contribution is -0.112. The average molecular weight is 365 g/mol. The number of aromatic hydroxyl groups is 1. The number of aliphatic hydroxyl groups is 1. The molecule has 1 heterocycles. The van der Waals surface area contributed by atoms with Crippen LogP contribution in [0.3, 0.4) is 0 Å². The van der Waals surface area contributed by atoms with Gasteiger partial charge >= 0.3 is 0 Å². The molecule has 1 aliphatic heterocycles. The number of carbonyl (C=O) groups is 1. The molecule has 2 aliphatic rings. The van der Waals surface area contributed by atoms with Gasteiger partial charge in [-0.1, -0.05) is 36.4 Å². The third-order valence-electron chi connectivity index (χ3n) is 6.46. The van der Waals surface area contributed by atoms with Crippen molar-refractivity contribution < 1.29 is 15.0 Å². The second-order valence-corrected chi connectivity index (χ2v) is 8.30. The summed E-state index contributed by atoms with van der Waals surface area (Å²) in [7, 11) is 0. The summed E-state index contributed by atoms with van der Waals surface area (Å²) in [5.74, 6) is 1.10. The third-order valence-corrected chi connectivity index (χ3v) is 6.46. The van der Waals surface area contributed by atoms with E-state index in [2.05, 4.69) is 17.9 Å². The van der Waals surface area contributed by atoms with Crippen molar-refractivity contribution in [3.05, 3.63) is 65.2 Å². The molecule has 4 nitrogen and oxygen atoms in total. The first-order valence-corrected chi connectivity index (χ1v) is 9.74. The Bertz CT molecular complexity index is 803. The Hall–Kier alpha value is -2.17. The average Bonchev–Trinajstić information content (AvgIpc) is 3.17. The van der Waals surface area contributed by atoms with Gasteiger partial charge in [0.05, 0.1) is 11.6 Å². The molecule has 2 aromatic rings. The SMILES string of the molecule is Cc1ccccc1C1(O)CC2CN(C(C=O)Cc3ccc(O)cc3)CC2C1. The van der Waals surface area contributed by atoms with Gasteiger partial charge in [-0.05, 0) is 66.8 Å². The Morgan fingerprint density at radius 1 is 1.11 bits per heavy atom. The van der Waals surface area contributed by atoms with E-state index in [1.807, 2.05) is 30.3 Å². The van der Waals surface area contributed by atoms with Crippen LogP contribution in [0.5, 0.6) is 5.75 Å². The quantitative estimate of drug-likeness (QED) is 0.800. The molecule has 0 radical (unpaired) electrons. The maximum absolute atomic E-state index is 11.7. The molecular weight excluding hydrogens is 338 g/mol. The van der Waals surface area contributed by atoms with Gasteiger partial charge < -0.3 is 15.0 Å². The monoisotopic (exact) mass is 365 g/mol. The van der Waals surface area contributed by atoms with Gasteiger partial charge in [-0.3, -0.25) is 4.90 Å². The van der Waals surface area contributed by atoms with Crippen molar-refractivity contribution in [3.8, 4) is 5.75 Å². The molecule has 4 rings (SSSR count). The highest BCUT2D eigenvalue weighted by molar-refractivity contribution is 5.58. The van der Waals surface area contributed by atoms with Crippen molar-refractivity contribution in [3.63, 3.8) is 0 Å². The summed E-state index contributed by atoms with van der Waals surface area (Å²) in [6.07, 6.45) is 3.24. The number of carbonyl (C=O) groups excluding carboxylic acids is 1. The van der Waals surface area contributed by atoms with Gasteiger partial charge in [-0.25, -0.2) is 0 Å². The van der Waals surface area contributed by atoms with Gasteiger partial charge in [0.15, 0.2) is 0 Å². The van der Waals surface area contributed by atoms with Crippen LogP contribution >= 0.6 is 0 Å². The summed E-state index contributed by atoms with van der Waals surface area (Å²) in [4.78, 5) is 14.0. The number of hydrogen-bond donors (Lipinski definition) is 2. The minimum atomic E-state index is -0.736. The lowest BCUT2D eigenvalue weighted by Gasteiger charge is -2.29. The fourth-order valence-electron chi connectivity index (χ4n) is 5.11. The molecule has 3 unspecified atom stereocenters. The number of aryl methyl sites for hydroxylation is 1. The zero-order valence-corrected chi connectivity index (χ0v) is 15.7. The third kappa shape index (κ3) is 3.52. The van der Waals surface area contributed by atoms with Crippen LogP contribution in [0.25, 0.3) is 0 Å². The molecule has 4 heteroatoms. The zero-order chi connectivity index (χ0) is 19.0. The first kappa shape index (κ1) is 18.2. The molecule has 2 aromatic carbocycles. The van der Waals surface area contributed by atoms with Crippen LogP contribution in [0.1, 0.15) is 29.5 Å². The number of phenolic OH excluding ortho intramolecular Hbond substituents is 1. The number of benzene rings is 2. The molecule has 0 aromatic heterocycles. The summed E-state index contributed by atoms with van der Waals surface area (Å²) in [5.41, 5.74) is 2.52. The highest BCUT2D eigenvalue weighted by Crippen LogP contribution is 2.49. The number of nitrogens with zero attached hydrogens (tertiary/aromatic N) is 1. The van der Waals surface area contributed by atoms with Crippen molar-refractivity contribution in [2.24, 2.45) is 11.8 Å². The van der Waals surface area contributed by atoms with E-state index in [9.17, 15) is 15.0 Å². The van der Waals surface area contributed by atoms with E-state index in [1.165, 1.54) is 0 Å². The molecule has 1 saturated carbocycles. The van der Waals surface area contributed by atoms with E-state index in [0.717, 1.165) is 48.9 Å². The van der Waals surface area contributed by atoms with Crippen LogP contribution in [0, 0.1) is 18.8 Å². The van der Waals surface area contributed by atoms with Gasteiger partial charge in [0.2, 0.25) is 0 Å². The molecule has 142 valence electrons. The molecule has 2 fully saturated rings. The number of hydrogen-bond acceptors (Lipinski definition) is 4. The standard InChI is InChI=1S/C23H27NO3/c1-16-4-2-3-5-22(16)23(27)11-18-13-24(14-19(18)12-23)20(15-25)10-17-6-8-21(26)9-7-17/h2-9,15,18-20,26-27H,10-14H2,1H3. The molecule has 1 aliphatic carbocycles. The van der Waals surface area contributed by atoms with Crippen molar-refractivity contribution >= 4 is 6.29 Å². The largest absolute Gasteiger partial charge is 0.508 e. The summed E-state index contributed by atoms with van der Waals surface area (Å²) in [5, 5.41) is 20.7. The maximum atomic E-state index is 11.7. The Morgan fingerprint density at radius 2 is 1.74 bits per heavy atom. The minimum Gasteiger partial charge on any atom is -0.508 e. The highest BCUT2D eigenvalue weighted by atomic mass is 16.3. The molecule has 1 saturated heterocycles. The number of rotatable bonds is 5. The Balaban J connectivity index is 1.43. The molecule has 0 bridgehead atoms. The molecular formula is C23H27NO3.